The van der Waals surface area contributed by atoms with E-state index in [4.69, 9.17) is 9.47 Å². The number of imide groups is 1. The zero-order valence-electron chi connectivity index (χ0n) is 15.7. The van der Waals surface area contributed by atoms with Gasteiger partial charge in [0, 0.05) is 0 Å². The third kappa shape index (κ3) is 4.35. The number of hydrogen-bond acceptors (Lipinski definition) is 8. The highest BCUT2D eigenvalue weighted by Gasteiger charge is 2.35. The summed E-state index contributed by atoms with van der Waals surface area (Å²) < 4.78 is 9.78. The number of amides is 2. The first-order chi connectivity index (χ1) is 13.9. The van der Waals surface area contributed by atoms with Gasteiger partial charge in [-0.05, 0) is 47.7 Å². The Labute approximate surface area is 171 Å². The fourth-order valence-electron chi connectivity index (χ4n) is 2.66. The number of carbonyl (C=O) groups excluding carboxylic acids is 3. The first-order valence-electron chi connectivity index (χ1n) is 8.48. The highest BCUT2D eigenvalue weighted by molar-refractivity contribution is 8.18. The van der Waals surface area contributed by atoms with Gasteiger partial charge in [-0.15, -0.1) is 0 Å². The number of carbonyl (C=O) groups is 3. The van der Waals surface area contributed by atoms with Gasteiger partial charge in [0.05, 0.1) is 37.0 Å². The standard InChI is InChI=1S/C20H18N2O6S/c1-27-16-9-12(7-8-15(16)23)10-17-18(24)22(20(26)29-17)11-21-14-6-4-3-5-13(14)19(25)28-2/h3-10,21,23H,11H2,1-2H3. The number of ether oxygens (including phenoxy) is 2. The highest BCUT2D eigenvalue weighted by Crippen LogP contribution is 2.34. The first kappa shape index (κ1) is 20.3. The van der Waals surface area contributed by atoms with Gasteiger partial charge >= 0.3 is 5.97 Å². The van der Waals surface area contributed by atoms with Crippen LogP contribution in [0.2, 0.25) is 0 Å². The zero-order chi connectivity index (χ0) is 21.0. The summed E-state index contributed by atoms with van der Waals surface area (Å²) in [5.41, 5.74) is 1.36. The Morgan fingerprint density at radius 3 is 2.69 bits per heavy atom. The summed E-state index contributed by atoms with van der Waals surface area (Å²) in [7, 11) is 2.70. The van der Waals surface area contributed by atoms with Crippen molar-refractivity contribution in [3.8, 4) is 11.5 Å². The SMILES string of the molecule is COC(=O)c1ccccc1NCN1C(=O)SC(=Cc2ccc(O)c(OC)c2)C1=O. The highest BCUT2D eigenvalue weighted by atomic mass is 32.2. The van der Waals surface area contributed by atoms with E-state index in [1.165, 1.54) is 20.3 Å². The van der Waals surface area contributed by atoms with Crippen molar-refractivity contribution in [1.29, 1.82) is 0 Å². The fourth-order valence-corrected chi connectivity index (χ4v) is 3.50. The van der Waals surface area contributed by atoms with Crippen LogP contribution in [0.1, 0.15) is 15.9 Å². The summed E-state index contributed by atoms with van der Waals surface area (Å²) in [6.07, 6.45) is 1.55. The number of methoxy groups -OCH3 is 2. The minimum absolute atomic E-state index is 0.0220. The number of rotatable bonds is 6. The van der Waals surface area contributed by atoms with Crippen LogP contribution < -0.4 is 10.1 Å². The van der Waals surface area contributed by atoms with Gasteiger partial charge in [-0.3, -0.25) is 14.5 Å². The molecule has 0 aliphatic carbocycles. The van der Waals surface area contributed by atoms with Crippen molar-refractivity contribution in [2.45, 2.75) is 0 Å². The number of para-hydroxylation sites is 1. The molecule has 8 nitrogen and oxygen atoms in total. The van der Waals surface area contributed by atoms with E-state index in [9.17, 15) is 19.5 Å². The van der Waals surface area contributed by atoms with Gasteiger partial charge in [-0.25, -0.2) is 4.79 Å². The maximum atomic E-state index is 12.6. The van der Waals surface area contributed by atoms with Gasteiger partial charge in [0.1, 0.15) is 0 Å². The Balaban J connectivity index is 1.76. The van der Waals surface area contributed by atoms with Crippen LogP contribution in [0.5, 0.6) is 11.5 Å². The van der Waals surface area contributed by atoms with Gasteiger partial charge in [0.15, 0.2) is 11.5 Å². The maximum absolute atomic E-state index is 12.6. The number of anilines is 1. The van der Waals surface area contributed by atoms with Crippen LogP contribution in [0.25, 0.3) is 6.08 Å². The van der Waals surface area contributed by atoms with Crippen LogP contribution >= 0.6 is 11.8 Å². The molecule has 1 fully saturated rings. The van der Waals surface area contributed by atoms with Crippen molar-refractivity contribution < 1.29 is 29.0 Å². The number of nitrogens with zero attached hydrogens (tertiary/aromatic N) is 1. The van der Waals surface area contributed by atoms with Gasteiger partial charge in [0.25, 0.3) is 11.1 Å². The molecule has 0 spiro atoms. The predicted octanol–water partition coefficient (Wildman–Crippen LogP) is 3.29. The maximum Gasteiger partial charge on any atom is 0.339 e. The number of nitrogens with one attached hydrogen (secondary N) is 1. The average molecular weight is 414 g/mol. The molecule has 0 aromatic heterocycles. The Hall–Kier alpha value is -3.46. The first-order valence-corrected chi connectivity index (χ1v) is 9.30. The summed E-state index contributed by atoms with van der Waals surface area (Å²) in [6.45, 7) is -0.102. The van der Waals surface area contributed by atoms with Gasteiger partial charge in [-0.1, -0.05) is 18.2 Å². The molecule has 9 heteroatoms. The van der Waals surface area contributed by atoms with E-state index >= 15 is 0 Å². The molecule has 1 aliphatic heterocycles. The second-order valence-corrected chi connectivity index (χ2v) is 6.91. The number of aromatic hydroxyl groups is 1. The molecular weight excluding hydrogens is 396 g/mol. The Bertz CT molecular complexity index is 1000. The Morgan fingerprint density at radius 2 is 1.97 bits per heavy atom. The second-order valence-electron chi connectivity index (χ2n) is 5.91. The number of hydrogen-bond donors (Lipinski definition) is 2. The van der Waals surface area contributed by atoms with E-state index < -0.39 is 17.1 Å². The number of phenolic OH excluding ortho intramolecular Hbond substituents is 1. The molecule has 3 rings (SSSR count). The molecule has 1 heterocycles. The molecule has 0 atom stereocenters. The summed E-state index contributed by atoms with van der Waals surface area (Å²) in [6, 6.07) is 11.3. The van der Waals surface area contributed by atoms with Crippen molar-refractivity contribution in [2.24, 2.45) is 0 Å². The molecule has 0 saturated carbocycles. The molecule has 2 aromatic rings. The van der Waals surface area contributed by atoms with Crippen molar-refractivity contribution >= 4 is 40.6 Å². The van der Waals surface area contributed by atoms with E-state index in [2.05, 4.69) is 5.32 Å². The van der Waals surface area contributed by atoms with Crippen molar-refractivity contribution in [2.75, 3.05) is 26.2 Å². The van der Waals surface area contributed by atoms with Crippen molar-refractivity contribution in [3.63, 3.8) is 0 Å². The smallest absolute Gasteiger partial charge is 0.339 e. The summed E-state index contributed by atoms with van der Waals surface area (Å²) in [4.78, 5) is 38.1. The van der Waals surface area contributed by atoms with E-state index in [0.717, 1.165) is 16.7 Å². The molecule has 0 radical (unpaired) electrons. The zero-order valence-corrected chi connectivity index (χ0v) is 16.5. The largest absolute Gasteiger partial charge is 0.504 e. The summed E-state index contributed by atoms with van der Waals surface area (Å²) in [5, 5.41) is 12.2. The van der Waals surface area contributed by atoms with Crippen LogP contribution in [0.4, 0.5) is 10.5 Å². The molecule has 29 heavy (non-hydrogen) atoms. The Kier molecular flexibility index (Phi) is 6.08. The van der Waals surface area contributed by atoms with Gasteiger partial charge < -0.3 is 19.9 Å². The Morgan fingerprint density at radius 1 is 1.21 bits per heavy atom. The molecular formula is C20H18N2O6S. The topological polar surface area (TPSA) is 105 Å². The molecule has 2 N–H and O–H groups in total. The molecule has 150 valence electrons. The van der Waals surface area contributed by atoms with E-state index in [1.54, 1.807) is 42.5 Å². The van der Waals surface area contributed by atoms with Crippen LogP contribution in [-0.4, -0.2) is 48.0 Å². The molecule has 2 amide bonds. The molecule has 0 bridgehead atoms. The summed E-state index contributed by atoms with van der Waals surface area (Å²) in [5.74, 6) is -0.746. The normalized spacial score (nSPS) is 15.0. The lowest BCUT2D eigenvalue weighted by Crippen LogP contribution is -2.33. The molecule has 1 saturated heterocycles. The minimum Gasteiger partial charge on any atom is -0.504 e. The predicted molar refractivity (Wildman–Crippen MR) is 109 cm³/mol. The van der Waals surface area contributed by atoms with E-state index in [1.807, 2.05) is 0 Å². The van der Waals surface area contributed by atoms with Gasteiger partial charge in [0.2, 0.25) is 0 Å². The molecule has 2 aromatic carbocycles. The lowest BCUT2D eigenvalue weighted by atomic mass is 10.2. The summed E-state index contributed by atoms with van der Waals surface area (Å²) >= 11 is 0.808. The van der Waals surface area contributed by atoms with Crippen LogP contribution in [-0.2, 0) is 9.53 Å². The number of phenols is 1. The monoisotopic (exact) mass is 414 g/mol. The average Bonchev–Trinajstić information content (AvgIpc) is 3.00. The van der Waals surface area contributed by atoms with E-state index in [-0.39, 0.29) is 23.1 Å². The fraction of sp³-hybridized carbons (Fsp3) is 0.150. The number of thioether (sulfide) groups is 1. The lowest BCUT2D eigenvalue weighted by Gasteiger charge is -2.16. The van der Waals surface area contributed by atoms with Crippen LogP contribution in [0.15, 0.2) is 47.4 Å². The quantitative estimate of drug-likeness (QED) is 0.548. The molecule has 1 aliphatic rings. The number of esters is 1. The van der Waals surface area contributed by atoms with Gasteiger partial charge in [-0.2, -0.15) is 0 Å². The third-order valence-corrected chi connectivity index (χ3v) is 5.04. The number of benzene rings is 2. The van der Waals surface area contributed by atoms with Crippen molar-refractivity contribution in [3.05, 3.63) is 58.5 Å². The second kappa shape index (κ2) is 8.70. The van der Waals surface area contributed by atoms with E-state index in [0.29, 0.717) is 16.8 Å². The minimum atomic E-state index is -0.525. The van der Waals surface area contributed by atoms with Crippen LogP contribution in [0, 0.1) is 0 Å². The van der Waals surface area contributed by atoms with Crippen molar-refractivity contribution in [1.82, 2.24) is 4.90 Å². The third-order valence-electron chi connectivity index (χ3n) is 4.14. The molecule has 0 unspecified atom stereocenters. The lowest BCUT2D eigenvalue weighted by molar-refractivity contribution is -0.122. The van der Waals surface area contributed by atoms with Crippen LogP contribution in [0.3, 0.4) is 0 Å².